The zero-order valence-corrected chi connectivity index (χ0v) is 7.96. The van der Waals surface area contributed by atoms with E-state index in [2.05, 4.69) is 31.2 Å². The molecule has 0 aliphatic rings. The zero-order chi connectivity index (χ0) is 5.82. The summed E-state index contributed by atoms with van der Waals surface area (Å²) in [5.41, 5.74) is 1.41. The van der Waals surface area contributed by atoms with E-state index in [0.29, 0.717) is 0 Å². The van der Waals surface area contributed by atoms with Crippen molar-refractivity contribution in [3.63, 3.8) is 0 Å². The second-order valence-corrected chi connectivity index (χ2v) is 1.84. The second kappa shape index (κ2) is 7.15. The fourth-order valence-corrected chi connectivity index (χ4v) is 0.714. The first-order valence-electron chi connectivity index (χ1n) is 2.97. The summed E-state index contributed by atoms with van der Waals surface area (Å²) in [5.74, 6) is 0. The van der Waals surface area contributed by atoms with Crippen LogP contribution in [0.25, 0.3) is 0 Å². The molecule has 1 aromatic carbocycles. The Hall–Kier alpha value is 0.0425. The number of halogens is 1. The molecule has 0 radical (unpaired) electrons. The number of aryl methyl sites for hydroxylation is 1. The van der Waals surface area contributed by atoms with E-state index in [0.717, 1.165) is 6.42 Å². The van der Waals surface area contributed by atoms with Crippen molar-refractivity contribution in [1.82, 2.24) is 0 Å². The Morgan fingerprint density at radius 2 is 1.60 bits per heavy atom. The average molecular weight is 169 g/mol. The summed E-state index contributed by atoms with van der Waals surface area (Å²) in [7, 11) is 0. The Bertz CT molecular complexity index is 151. The van der Waals surface area contributed by atoms with Crippen LogP contribution in [0.3, 0.4) is 0 Å². The van der Waals surface area contributed by atoms with Gasteiger partial charge in [0.1, 0.15) is 0 Å². The quantitative estimate of drug-likeness (QED) is 0.466. The van der Waals surface area contributed by atoms with Crippen LogP contribution in [0.4, 0.5) is 0 Å². The van der Waals surface area contributed by atoms with Crippen LogP contribution in [0.5, 0.6) is 0 Å². The van der Waals surface area contributed by atoms with Crippen LogP contribution in [0, 0.1) is 0 Å². The molecule has 0 atom stereocenters. The van der Waals surface area contributed by atoms with E-state index < -0.39 is 0 Å². The molecule has 0 amide bonds. The molecule has 0 saturated heterocycles. The third-order valence-electron chi connectivity index (χ3n) is 1.25. The molecule has 0 heterocycles. The van der Waals surface area contributed by atoms with E-state index in [-0.39, 0.29) is 29.8 Å². The third-order valence-corrected chi connectivity index (χ3v) is 1.25. The zero-order valence-electron chi connectivity index (χ0n) is 6.05. The van der Waals surface area contributed by atoms with Gasteiger partial charge in [0.25, 0.3) is 0 Å². The van der Waals surface area contributed by atoms with Gasteiger partial charge in [0.05, 0.1) is 0 Å². The third kappa shape index (κ3) is 3.96. The van der Waals surface area contributed by atoms with Gasteiger partial charge in [-0.3, -0.25) is 0 Å². The molecule has 0 aliphatic carbocycles. The summed E-state index contributed by atoms with van der Waals surface area (Å²) in [6, 6.07) is 10.5. The van der Waals surface area contributed by atoms with Crippen LogP contribution in [0.2, 0.25) is 0 Å². The van der Waals surface area contributed by atoms with E-state index in [4.69, 9.17) is 0 Å². The van der Waals surface area contributed by atoms with Gasteiger partial charge in [-0.1, -0.05) is 37.3 Å². The first-order chi connectivity index (χ1) is 3.93. The van der Waals surface area contributed by atoms with Crippen molar-refractivity contribution in [2.75, 3.05) is 0 Å². The van der Waals surface area contributed by atoms with E-state index >= 15 is 0 Å². The molecule has 0 N–H and O–H groups in total. The number of hydrogen-bond acceptors (Lipinski definition) is 0. The summed E-state index contributed by atoms with van der Waals surface area (Å²) in [6.45, 7) is 2.16. The number of hydrogen-bond donors (Lipinski definition) is 0. The normalized spacial score (nSPS) is 7.30. The Kier molecular flexibility index (Phi) is 9.08. The maximum atomic E-state index is 2.16. The SMILES string of the molecule is CCc1ccccc1.[Al+3].[Cl-]. The van der Waals surface area contributed by atoms with E-state index in [1.165, 1.54) is 5.56 Å². The molecule has 0 bridgehead atoms. The summed E-state index contributed by atoms with van der Waals surface area (Å²) in [5, 5.41) is 0. The Balaban J connectivity index is 0. The fourth-order valence-electron chi connectivity index (χ4n) is 0.714. The summed E-state index contributed by atoms with van der Waals surface area (Å²) < 4.78 is 0. The molecular weight excluding hydrogens is 159 g/mol. The van der Waals surface area contributed by atoms with Crippen LogP contribution in [-0.4, -0.2) is 17.4 Å². The van der Waals surface area contributed by atoms with Crippen molar-refractivity contribution in [2.24, 2.45) is 0 Å². The Morgan fingerprint density at radius 3 is 1.90 bits per heavy atom. The largest absolute Gasteiger partial charge is 3.00 e. The smallest absolute Gasteiger partial charge is 1.00 e. The maximum absolute atomic E-state index is 2.16. The van der Waals surface area contributed by atoms with Gasteiger partial charge in [-0.2, -0.15) is 0 Å². The summed E-state index contributed by atoms with van der Waals surface area (Å²) >= 11 is 0. The first kappa shape index (κ1) is 12.7. The van der Waals surface area contributed by atoms with Gasteiger partial charge >= 0.3 is 17.4 Å². The van der Waals surface area contributed by atoms with Gasteiger partial charge < -0.3 is 12.4 Å². The minimum atomic E-state index is 0. The fraction of sp³-hybridized carbons (Fsp3) is 0.250. The van der Waals surface area contributed by atoms with Gasteiger partial charge in [-0.05, 0) is 12.0 Å². The number of benzene rings is 1. The molecule has 0 nitrogen and oxygen atoms in total. The molecule has 0 spiro atoms. The molecule has 0 aromatic heterocycles. The van der Waals surface area contributed by atoms with Crippen molar-refractivity contribution in [1.29, 1.82) is 0 Å². The van der Waals surface area contributed by atoms with Crippen molar-refractivity contribution in [3.05, 3.63) is 35.9 Å². The van der Waals surface area contributed by atoms with Crippen molar-refractivity contribution < 1.29 is 12.4 Å². The Labute approximate surface area is 79.2 Å². The van der Waals surface area contributed by atoms with Gasteiger partial charge in [0, 0.05) is 0 Å². The monoisotopic (exact) mass is 168 g/mol. The van der Waals surface area contributed by atoms with Crippen LogP contribution in [0.1, 0.15) is 12.5 Å². The maximum Gasteiger partial charge on any atom is 3.00 e. The molecule has 10 heavy (non-hydrogen) atoms. The standard InChI is InChI=1S/C8H10.Al.ClH/c1-2-8-6-4-3-5-7-8;;/h3-7H,2H2,1H3;;1H/q;+3;/p-1. The predicted octanol–water partition coefficient (Wildman–Crippen LogP) is -1.13. The van der Waals surface area contributed by atoms with E-state index in [1.54, 1.807) is 0 Å². The molecular formula is C8H10AlCl+2. The minimum absolute atomic E-state index is 0. The van der Waals surface area contributed by atoms with Crippen LogP contribution < -0.4 is 12.4 Å². The van der Waals surface area contributed by atoms with Crippen LogP contribution in [-0.2, 0) is 6.42 Å². The van der Waals surface area contributed by atoms with Crippen LogP contribution in [0.15, 0.2) is 30.3 Å². The van der Waals surface area contributed by atoms with Crippen LogP contribution >= 0.6 is 0 Å². The van der Waals surface area contributed by atoms with Gasteiger partial charge in [0.15, 0.2) is 0 Å². The summed E-state index contributed by atoms with van der Waals surface area (Å²) in [6.07, 6.45) is 1.14. The second-order valence-electron chi connectivity index (χ2n) is 1.84. The van der Waals surface area contributed by atoms with Gasteiger partial charge in [-0.15, -0.1) is 0 Å². The molecule has 50 valence electrons. The minimum Gasteiger partial charge on any atom is -1.00 e. The Morgan fingerprint density at radius 1 is 1.10 bits per heavy atom. The molecule has 1 rings (SSSR count). The van der Waals surface area contributed by atoms with Crippen molar-refractivity contribution in [2.45, 2.75) is 13.3 Å². The predicted molar refractivity (Wildman–Crippen MR) is 41.6 cm³/mol. The topological polar surface area (TPSA) is 0 Å². The number of rotatable bonds is 1. The van der Waals surface area contributed by atoms with Crippen molar-refractivity contribution >= 4 is 17.4 Å². The molecule has 0 fully saturated rings. The van der Waals surface area contributed by atoms with Gasteiger partial charge in [0.2, 0.25) is 0 Å². The molecule has 0 saturated carbocycles. The van der Waals surface area contributed by atoms with Gasteiger partial charge in [-0.25, -0.2) is 0 Å². The van der Waals surface area contributed by atoms with Crippen molar-refractivity contribution in [3.8, 4) is 0 Å². The average Bonchev–Trinajstić information content (AvgIpc) is 1.90. The van der Waals surface area contributed by atoms with E-state index in [1.807, 2.05) is 6.07 Å². The molecule has 0 unspecified atom stereocenters. The first-order valence-corrected chi connectivity index (χ1v) is 2.97. The molecule has 2 heteroatoms. The molecule has 0 aliphatic heterocycles. The summed E-state index contributed by atoms with van der Waals surface area (Å²) in [4.78, 5) is 0. The molecule has 1 aromatic rings. The van der Waals surface area contributed by atoms with E-state index in [9.17, 15) is 0 Å².